The van der Waals surface area contributed by atoms with E-state index in [9.17, 15) is 27.4 Å². The molecule has 1 aliphatic rings. The number of aromatic nitrogens is 4. The highest BCUT2D eigenvalue weighted by molar-refractivity contribution is 7.11. The zero-order chi connectivity index (χ0) is 84.2. The van der Waals surface area contributed by atoms with Crippen LogP contribution in [0.4, 0.5) is 0 Å². The Morgan fingerprint density at radius 1 is 0.474 bits per heavy atom. The van der Waals surface area contributed by atoms with Gasteiger partial charge >= 0.3 is 0 Å². The molecule has 0 amide bonds. The second-order valence-electron chi connectivity index (χ2n) is 26.0. The van der Waals surface area contributed by atoms with Gasteiger partial charge in [0, 0.05) is 33.8 Å². The van der Waals surface area contributed by atoms with Crippen molar-refractivity contribution >= 4 is 78.4 Å². The van der Waals surface area contributed by atoms with E-state index < -0.39 is 180 Å². The van der Waals surface area contributed by atoms with Gasteiger partial charge in [-0.1, -0.05) is 253 Å². The predicted octanol–water partition coefficient (Wildman–Crippen LogP) is 20.2. The van der Waals surface area contributed by atoms with Crippen LogP contribution in [0, 0.1) is 6.33 Å². The zero-order valence-corrected chi connectivity index (χ0v) is 53.5. The molecule has 95 heavy (non-hydrogen) atoms. The number of hydrogen-bond acceptors (Lipinski definition) is 3. The summed E-state index contributed by atoms with van der Waals surface area (Å²) in [5, 5.41) is 1.32. The van der Waals surface area contributed by atoms with Crippen molar-refractivity contribution in [3.05, 3.63) is 314 Å². The molecule has 0 spiro atoms. The number of imidazole rings is 1. The van der Waals surface area contributed by atoms with Gasteiger partial charge in [0.05, 0.1) is 65.0 Å². The molecule has 1 aliphatic heterocycles. The molecule has 7 heteroatoms. The smallest absolute Gasteiger partial charge is 0.269 e. The highest BCUT2D eigenvalue weighted by Gasteiger charge is 2.39. The highest BCUT2D eigenvalue weighted by Crippen LogP contribution is 2.48. The van der Waals surface area contributed by atoms with Crippen LogP contribution in [0.25, 0.3) is 116 Å². The third-order valence-electron chi connectivity index (χ3n) is 18.2. The fourth-order valence-electron chi connectivity index (χ4n) is 13.6. The van der Waals surface area contributed by atoms with Crippen LogP contribution in [-0.2, 0) is 17.3 Å². The van der Waals surface area contributed by atoms with Crippen molar-refractivity contribution in [3.63, 3.8) is 0 Å². The summed E-state index contributed by atoms with van der Waals surface area (Å²) in [7, 11) is -5.59. The summed E-state index contributed by atoms with van der Waals surface area (Å²) in [6.07, 6.45) is 4.97. The Kier molecular flexibility index (Phi) is 9.07. The van der Waals surface area contributed by atoms with E-state index in [4.69, 9.17) is 18.3 Å². The summed E-state index contributed by atoms with van der Waals surface area (Å²) in [6, 6.07) is 24.6. The number of ether oxygens (including phenoxy) is 1. The number of pyridine rings is 1. The van der Waals surface area contributed by atoms with Crippen LogP contribution >= 0.6 is 0 Å². The second kappa shape index (κ2) is 22.6. The fraction of sp³-hybridized carbons (Fsp3) is 0.114. The maximum Gasteiger partial charge on any atom is 0.269 e. The molecule has 0 radical (unpaired) electrons. The van der Waals surface area contributed by atoms with Gasteiger partial charge in [-0.25, -0.2) is 4.98 Å². The lowest BCUT2D eigenvalue weighted by molar-refractivity contribution is -0.570. The summed E-state index contributed by atoms with van der Waals surface area (Å²) < 4.78 is 240. The van der Waals surface area contributed by atoms with Crippen molar-refractivity contribution in [2.45, 2.75) is 64.8 Å². The van der Waals surface area contributed by atoms with Crippen molar-refractivity contribution in [2.24, 2.45) is 0 Å². The molecule has 0 fully saturated rings. The van der Waals surface area contributed by atoms with Gasteiger partial charge in [-0.2, -0.15) is 0 Å². The summed E-state index contributed by atoms with van der Waals surface area (Å²) in [5.74, 6) is 1.39. The minimum Gasteiger partial charge on any atom is -0.458 e. The molecule has 0 saturated heterocycles. The molecule has 17 rings (SSSR count). The van der Waals surface area contributed by atoms with Gasteiger partial charge < -0.3 is 9.15 Å². The average Bonchev–Trinajstić information content (AvgIpc) is 0.867. The van der Waals surface area contributed by atoms with Crippen molar-refractivity contribution < 1.29 is 45.2 Å². The molecular formula is C88H70N4O2Si. The van der Waals surface area contributed by atoms with Crippen molar-refractivity contribution in [1.82, 2.24) is 14.1 Å². The zero-order valence-electron chi connectivity index (χ0n) is 75.5. The topological polar surface area (TPSA) is 49.0 Å². The first-order chi connectivity index (χ1) is 55.9. The lowest BCUT2D eigenvalue weighted by Gasteiger charge is -2.34. The van der Waals surface area contributed by atoms with Gasteiger partial charge in [0.15, 0.2) is 0 Å². The van der Waals surface area contributed by atoms with Crippen LogP contribution in [0.3, 0.4) is 0 Å². The number of para-hydroxylation sites is 2. The Labute approximate surface area is 587 Å². The summed E-state index contributed by atoms with van der Waals surface area (Å²) in [4.78, 5) is 4.90. The van der Waals surface area contributed by atoms with Gasteiger partial charge in [-0.3, -0.25) is 13.7 Å². The SMILES string of the molecule is [2H]c1c([2H])c([2H])c([Si](CCc2cc3c4c(c2)n(-c2cccc(Oc5ccc6c7ccccc7n(-c7cc(C(C)(C)C)ccn7)c6c5)c2)[c-][n+]4-c2c(-c4ccc5oc6ccccc6c5c4)cc(C(C)(C)C)cc2-c2c([2H])c([2H])c([2H])c([2H])c2-c2c([2H])c([2H])c([2H])c([2H])c2-3)(c2c([2H])c([2H])c([2H])c([2H])c2[2H])c2c([2H])c([2H])c([2H])c([2H])c2[2H])c([2H])c1[2H]. The number of benzene rings is 12. The van der Waals surface area contributed by atoms with E-state index in [0.29, 0.717) is 56.2 Å². The van der Waals surface area contributed by atoms with Gasteiger partial charge in [-0.15, -0.1) is 0 Å². The molecule has 0 unspecified atom stereocenters. The third-order valence-corrected chi connectivity index (χ3v) is 22.5. The number of aryl methyl sites for hydroxylation is 1. The first kappa shape index (κ1) is 38.2. The minimum atomic E-state index is -5.59. The van der Waals surface area contributed by atoms with Crippen molar-refractivity contribution in [3.8, 4) is 73.2 Å². The number of furan rings is 1. The van der Waals surface area contributed by atoms with E-state index in [-0.39, 0.29) is 61.1 Å². The molecule has 16 aromatic rings. The van der Waals surface area contributed by atoms with Crippen LogP contribution in [-0.4, -0.2) is 22.2 Å². The quantitative estimate of drug-likeness (QED) is 0.0561. The first-order valence-corrected chi connectivity index (χ1v) is 33.4. The van der Waals surface area contributed by atoms with E-state index in [1.54, 1.807) is 51.7 Å². The van der Waals surface area contributed by atoms with Crippen LogP contribution in [0.5, 0.6) is 11.5 Å². The van der Waals surface area contributed by atoms with Gasteiger partial charge in [0.2, 0.25) is 0 Å². The monoisotopic (exact) mass is 1270 g/mol. The molecule has 4 aromatic heterocycles. The van der Waals surface area contributed by atoms with Gasteiger partial charge in [0.25, 0.3) is 6.33 Å². The standard InChI is InChI=1S/C88H70N4O2Si/c1-87(2,3)60-45-47-89-84(54-60)92-79-39-22-20-37-72(79)73-43-42-64(56-80(73)92)93-63-26-24-25-62(55-63)90-57-91-85-75(59-41-44-83-76(51-59)74-38-21-23-40-82(74)94-83)52-61(88(4,5)6)53-78(85)71-36-19-17-34-69(71)68-33-16-18-35-70(68)77-49-58(50-81(90)86(77)91)46-48-95(65-27-10-7-11-28-65,66-29-12-8-13-30-66)67-31-14-9-15-32-67/h7-45,47,49-56H,46,48H2,1-6H3/i7D,8D,9D,10D,11D,12D,13D,14D,15D,16D,17D,18D,19D,27D,28D,29D,30D,31D,32D,33D,34D,35D,36D. The van der Waals surface area contributed by atoms with Crippen molar-refractivity contribution in [2.75, 3.05) is 0 Å². The van der Waals surface area contributed by atoms with E-state index in [1.165, 1.54) is 0 Å². The highest BCUT2D eigenvalue weighted by atomic mass is 28.3. The van der Waals surface area contributed by atoms with E-state index in [1.807, 2.05) is 124 Å². The molecular weight excluding hydrogens is 1170 g/mol. The molecule has 0 atom stereocenters. The molecule has 458 valence electrons. The molecule has 0 aliphatic carbocycles. The Morgan fingerprint density at radius 2 is 1.06 bits per heavy atom. The summed E-state index contributed by atoms with van der Waals surface area (Å²) >= 11 is 0. The molecule has 0 saturated carbocycles. The van der Waals surface area contributed by atoms with Crippen LogP contribution in [0.1, 0.15) is 89.8 Å². The van der Waals surface area contributed by atoms with E-state index in [0.717, 1.165) is 32.8 Å². The normalized spacial score (nSPS) is 15.8. The predicted molar refractivity (Wildman–Crippen MR) is 395 cm³/mol. The third kappa shape index (κ3) is 9.83. The summed E-state index contributed by atoms with van der Waals surface area (Å²) in [6.45, 7) is 12.4. The van der Waals surface area contributed by atoms with Crippen LogP contribution < -0.4 is 24.9 Å². The average molecular weight is 1270 g/mol. The Hall–Kier alpha value is -11.1. The maximum absolute atomic E-state index is 10.4. The fourth-order valence-corrected chi connectivity index (χ4v) is 17.4. The van der Waals surface area contributed by atoms with Gasteiger partial charge in [0.1, 0.15) is 36.6 Å². The number of hydrogen-bond donors (Lipinski definition) is 0. The van der Waals surface area contributed by atoms with Crippen LogP contribution in [0.2, 0.25) is 6.04 Å². The lowest BCUT2D eigenvalue weighted by atomic mass is 9.81. The van der Waals surface area contributed by atoms with Crippen LogP contribution in [0.15, 0.2) is 295 Å². The second-order valence-corrected chi connectivity index (χ2v) is 29.8. The molecule has 5 heterocycles. The minimum absolute atomic E-state index is 0.0443. The first-order valence-electron chi connectivity index (χ1n) is 42.7. The lowest BCUT2D eigenvalue weighted by Crippen LogP contribution is -2.67. The Bertz CT molecular complexity index is 6880. The summed E-state index contributed by atoms with van der Waals surface area (Å²) in [5.41, 5.74) is 4.64. The van der Waals surface area contributed by atoms with E-state index in [2.05, 4.69) is 37.7 Å². The van der Waals surface area contributed by atoms with Gasteiger partial charge in [-0.05, 0) is 167 Å². The van der Waals surface area contributed by atoms with E-state index >= 15 is 0 Å². The molecule has 6 nitrogen and oxygen atoms in total. The number of rotatable bonds is 11. The molecule has 0 bridgehead atoms. The maximum atomic E-state index is 10.4. The largest absolute Gasteiger partial charge is 0.458 e. The number of nitrogens with zero attached hydrogens (tertiary/aromatic N) is 4. The number of fused-ring (bicyclic) bond motifs is 13. The molecule has 12 aromatic carbocycles. The van der Waals surface area contributed by atoms with Crippen molar-refractivity contribution in [1.29, 1.82) is 0 Å². The Balaban J connectivity index is 1.02. The molecule has 0 N–H and O–H groups in total. The Morgan fingerprint density at radius 3 is 1.75 bits per heavy atom.